The zero-order chi connectivity index (χ0) is 8.15. The minimum atomic E-state index is -0.570. The third-order valence-corrected chi connectivity index (χ3v) is 1.34. The summed E-state index contributed by atoms with van der Waals surface area (Å²) in [5.74, 6) is -0.379. The lowest BCUT2D eigenvalue weighted by Gasteiger charge is -2.12. The molecule has 0 spiro atoms. The van der Waals surface area contributed by atoms with Crippen LogP contribution in [0.4, 0.5) is 0 Å². The van der Waals surface area contributed by atoms with Gasteiger partial charge in [0.15, 0.2) is 0 Å². The Morgan fingerprint density at radius 2 is 2.20 bits per heavy atom. The fourth-order valence-corrected chi connectivity index (χ4v) is 0.550. The van der Waals surface area contributed by atoms with Crippen LogP contribution in [0.1, 0.15) is 19.8 Å². The van der Waals surface area contributed by atoms with Crippen LogP contribution in [0.5, 0.6) is 0 Å². The Labute approximate surface area is 60.2 Å². The van der Waals surface area contributed by atoms with Crippen molar-refractivity contribution in [1.82, 2.24) is 0 Å². The minimum Gasteiger partial charge on any atom is -0.392 e. The summed E-state index contributed by atoms with van der Waals surface area (Å²) in [5.41, 5.74) is 10.3. The molecule has 0 aliphatic heterocycles. The van der Waals surface area contributed by atoms with Crippen molar-refractivity contribution in [2.24, 2.45) is 11.5 Å². The van der Waals surface area contributed by atoms with Crippen LogP contribution in [0.2, 0.25) is 0 Å². The number of carbonyl (C=O) groups is 1. The van der Waals surface area contributed by atoms with Gasteiger partial charge in [-0.25, -0.2) is 0 Å². The molecule has 0 saturated carbocycles. The average Bonchev–Trinajstić information content (AvgIpc) is 1.82. The summed E-state index contributed by atoms with van der Waals surface area (Å²) >= 11 is 0. The van der Waals surface area contributed by atoms with Crippen LogP contribution in [0.15, 0.2) is 0 Å². The van der Waals surface area contributed by atoms with Gasteiger partial charge in [0.1, 0.15) is 0 Å². The Kier molecular flexibility index (Phi) is 3.99. The first kappa shape index (κ1) is 9.39. The van der Waals surface area contributed by atoms with Crippen molar-refractivity contribution in [3.8, 4) is 0 Å². The molecule has 0 aliphatic carbocycles. The highest BCUT2D eigenvalue weighted by molar-refractivity contribution is 5.73. The minimum absolute atomic E-state index is 0.242. The second-order valence-corrected chi connectivity index (χ2v) is 2.41. The smallest absolute Gasteiger partial charge is 0.217 e. The Bertz CT molecular complexity index is 114. The summed E-state index contributed by atoms with van der Waals surface area (Å²) in [6, 6.07) is -0.340. The molecule has 2 unspecified atom stereocenters. The lowest BCUT2D eigenvalue weighted by Crippen LogP contribution is -2.33. The summed E-state index contributed by atoms with van der Waals surface area (Å²) in [7, 11) is 0. The number of amides is 1. The van der Waals surface area contributed by atoms with Crippen LogP contribution in [-0.2, 0) is 4.79 Å². The summed E-state index contributed by atoms with van der Waals surface area (Å²) in [5, 5.41) is 8.86. The lowest BCUT2D eigenvalue weighted by molar-refractivity contribution is -0.118. The molecule has 0 fully saturated rings. The number of aliphatic hydroxyl groups is 1. The van der Waals surface area contributed by atoms with Gasteiger partial charge in [0.05, 0.1) is 6.10 Å². The van der Waals surface area contributed by atoms with E-state index < -0.39 is 6.10 Å². The predicted octanol–water partition coefficient (Wildman–Crippen LogP) is -1.04. The van der Waals surface area contributed by atoms with Crippen LogP contribution in [-0.4, -0.2) is 23.2 Å². The fourth-order valence-electron chi connectivity index (χ4n) is 0.550. The summed E-state index contributed by atoms with van der Waals surface area (Å²) in [6.45, 7) is 1.59. The summed E-state index contributed by atoms with van der Waals surface area (Å²) in [4.78, 5) is 10.2. The average molecular weight is 146 g/mol. The largest absolute Gasteiger partial charge is 0.392 e. The maximum absolute atomic E-state index is 10.2. The quantitative estimate of drug-likeness (QED) is 0.473. The SMILES string of the molecule is CC(O)C(N)CCC(N)=O. The highest BCUT2D eigenvalue weighted by Crippen LogP contribution is 1.97. The summed E-state index contributed by atoms with van der Waals surface area (Å²) < 4.78 is 0. The first-order valence-corrected chi connectivity index (χ1v) is 3.26. The second-order valence-electron chi connectivity index (χ2n) is 2.41. The maximum atomic E-state index is 10.2. The van der Waals surface area contributed by atoms with E-state index in [0.717, 1.165) is 0 Å². The third-order valence-electron chi connectivity index (χ3n) is 1.34. The number of aliphatic hydroxyl groups excluding tert-OH is 1. The van der Waals surface area contributed by atoms with Crippen LogP contribution in [0.25, 0.3) is 0 Å². The third kappa shape index (κ3) is 4.29. The van der Waals surface area contributed by atoms with Gasteiger partial charge in [0, 0.05) is 12.5 Å². The molecule has 1 amide bonds. The van der Waals surface area contributed by atoms with Gasteiger partial charge < -0.3 is 16.6 Å². The Balaban J connectivity index is 3.39. The molecule has 0 saturated heterocycles. The molecule has 0 radical (unpaired) electrons. The molecular formula is C6H14N2O2. The van der Waals surface area contributed by atoms with Gasteiger partial charge in [-0.2, -0.15) is 0 Å². The first-order valence-electron chi connectivity index (χ1n) is 3.26. The lowest BCUT2D eigenvalue weighted by atomic mass is 10.1. The zero-order valence-electron chi connectivity index (χ0n) is 6.08. The van der Waals surface area contributed by atoms with Crippen molar-refractivity contribution in [3.63, 3.8) is 0 Å². The van der Waals surface area contributed by atoms with Gasteiger partial charge in [0.2, 0.25) is 5.91 Å². The zero-order valence-corrected chi connectivity index (χ0v) is 6.08. The molecule has 0 aromatic carbocycles. The number of hydrogen-bond donors (Lipinski definition) is 3. The predicted molar refractivity (Wildman–Crippen MR) is 38.1 cm³/mol. The molecule has 10 heavy (non-hydrogen) atoms. The van der Waals surface area contributed by atoms with Crippen molar-refractivity contribution in [2.75, 3.05) is 0 Å². The van der Waals surface area contributed by atoms with Crippen molar-refractivity contribution in [3.05, 3.63) is 0 Å². The molecule has 0 aliphatic rings. The number of hydrogen-bond acceptors (Lipinski definition) is 3. The first-order chi connectivity index (χ1) is 4.54. The molecular weight excluding hydrogens is 132 g/mol. The normalized spacial score (nSPS) is 16.3. The van der Waals surface area contributed by atoms with Crippen LogP contribution >= 0.6 is 0 Å². The van der Waals surface area contributed by atoms with Crippen LogP contribution in [0, 0.1) is 0 Å². The molecule has 0 aromatic rings. The van der Waals surface area contributed by atoms with Crippen molar-refractivity contribution in [2.45, 2.75) is 31.9 Å². The molecule has 4 heteroatoms. The highest BCUT2D eigenvalue weighted by Gasteiger charge is 2.09. The number of primary amides is 1. The molecule has 0 bridgehead atoms. The highest BCUT2D eigenvalue weighted by atomic mass is 16.3. The van der Waals surface area contributed by atoms with E-state index in [1.54, 1.807) is 6.92 Å². The van der Waals surface area contributed by atoms with Gasteiger partial charge >= 0.3 is 0 Å². The van der Waals surface area contributed by atoms with E-state index in [1.807, 2.05) is 0 Å². The Hall–Kier alpha value is -0.610. The van der Waals surface area contributed by atoms with E-state index in [-0.39, 0.29) is 18.4 Å². The van der Waals surface area contributed by atoms with Crippen molar-refractivity contribution < 1.29 is 9.90 Å². The van der Waals surface area contributed by atoms with E-state index in [4.69, 9.17) is 16.6 Å². The molecule has 0 heterocycles. The van der Waals surface area contributed by atoms with Gasteiger partial charge in [-0.05, 0) is 13.3 Å². The van der Waals surface area contributed by atoms with E-state index in [2.05, 4.69) is 0 Å². The van der Waals surface area contributed by atoms with Gasteiger partial charge in [-0.3, -0.25) is 4.79 Å². The Morgan fingerprint density at radius 1 is 1.70 bits per heavy atom. The van der Waals surface area contributed by atoms with Crippen molar-refractivity contribution >= 4 is 5.91 Å². The number of carbonyl (C=O) groups excluding carboxylic acids is 1. The van der Waals surface area contributed by atoms with E-state index in [9.17, 15) is 4.79 Å². The fraction of sp³-hybridized carbons (Fsp3) is 0.833. The van der Waals surface area contributed by atoms with E-state index >= 15 is 0 Å². The van der Waals surface area contributed by atoms with E-state index in [0.29, 0.717) is 6.42 Å². The summed E-state index contributed by atoms with van der Waals surface area (Å²) in [6.07, 6.45) is 0.123. The molecule has 0 rings (SSSR count). The van der Waals surface area contributed by atoms with Crippen LogP contribution < -0.4 is 11.5 Å². The van der Waals surface area contributed by atoms with Crippen LogP contribution in [0.3, 0.4) is 0 Å². The van der Waals surface area contributed by atoms with Crippen molar-refractivity contribution in [1.29, 1.82) is 0 Å². The van der Waals surface area contributed by atoms with Gasteiger partial charge in [0.25, 0.3) is 0 Å². The Morgan fingerprint density at radius 3 is 2.50 bits per heavy atom. The second kappa shape index (κ2) is 4.24. The molecule has 5 N–H and O–H groups in total. The molecule has 60 valence electrons. The number of nitrogens with two attached hydrogens (primary N) is 2. The monoisotopic (exact) mass is 146 g/mol. The molecule has 4 nitrogen and oxygen atoms in total. The number of rotatable bonds is 4. The standard InChI is InChI=1S/C6H14N2O2/c1-4(9)5(7)2-3-6(8)10/h4-5,9H,2-3,7H2,1H3,(H2,8,10). The maximum Gasteiger partial charge on any atom is 0.217 e. The molecule has 0 aromatic heterocycles. The molecule has 2 atom stereocenters. The van der Waals surface area contributed by atoms with Gasteiger partial charge in [-0.15, -0.1) is 0 Å². The van der Waals surface area contributed by atoms with Gasteiger partial charge in [-0.1, -0.05) is 0 Å². The van der Waals surface area contributed by atoms with E-state index in [1.165, 1.54) is 0 Å². The topological polar surface area (TPSA) is 89.3 Å².